The Labute approximate surface area is 182 Å². The molecule has 0 saturated carbocycles. The highest BCUT2D eigenvalue weighted by molar-refractivity contribution is 5.88. The van der Waals surface area contributed by atoms with Crippen LogP contribution in [0.2, 0.25) is 0 Å². The molecule has 0 heterocycles. The lowest BCUT2D eigenvalue weighted by Crippen LogP contribution is -2.22. The minimum atomic E-state index is -0.769. The summed E-state index contributed by atoms with van der Waals surface area (Å²) in [6.45, 7) is 11.5. The molecule has 166 valence electrons. The maximum atomic E-state index is 11.9. The van der Waals surface area contributed by atoms with E-state index in [0.717, 1.165) is 18.4 Å². The van der Waals surface area contributed by atoms with Crippen molar-refractivity contribution in [1.82, 2.24) is 5.32 Å². The number of hydrogen-bond donors (Lipinski definition) is 2. The number of aliphatic carboxylic acids is 1. The fourth-order valence-corrected chi connectivity index (χ4v) is 3.73. The summed E-state index contributed by atoms with van der Waals surface area (Å²) in [5.74, 6) is -0.882. The number of nitrogens with one attached hydrogen (secondary N) is 1. The van der Waals surface area contributed by atoms with Crippen molar-refractivity contribution in [2.45, 2.75) is 79.6 Å². The maximum Gasteiger partial charge on any atom is 0.303 e. The van der Waals surface area contributed by atoms with E-state index in [9.17, 15) is 9.59 Å². The Morgan fingerprint density at radius 3 is 2.50 bits per heavy atom. The van der Waals surface area contributed by atoms with Crippen LogP contribution in [0.4, 0.5) is 0 Å². The molecule has 1 rings (SSSR count). The molecule has 4 nitrogen and oxygen atoms in total. The van der Waals surface area contributed by atoms with Gasteiger partial charge in [-0.3, -0.25) is 9.59 Å². The summed E-state index contributed by atoms with van der Waals surface area (Å²) in [5, 5.41) is 11.4. The van der Waals surface area contributed by atoms with E-state index in [1.807, 2.05) is 19.1 Å². The average Bonchev–Trinajstić information content (AvgIpc) is 2.63. The van der Waals surface area contributed by atoms with Crippen molar-refractivity contribution < 1.29 is 14.7 Å². The zero-order valence-electron chi connectivity index (χ0n) is 19.4. The van der Waals surface area contributed by atoms with Crippen molar-refractivity contribution in [2.24, 2.45) is 5.41 Å². The first-order valence-electron chi connectivity index (χ1n) is 11.0. The Morgan fingerprint density at radius 1 is 1.10 bits per heavy atom. The molecule has 2 N–H and O–H groups in total. The smallest absolute Gasteiger partial charge is 0.303 e. The van der Waals surface area contributed by atoms with Gasteiger partial charge >= 0.3 is 5.97 Å². The molecule has 0 fully saturated rings. The van der Waals surface area contributed by atoms with Crippen LogP contribution in [0.25, 0.3) is 0 Å². The first-order valence-corrected chi connectivity index (χ1v) is 11.0. The van der Waals surface area contributed by atoms with E-state index in [1.165, 1.54) is 36.0 Å². The minimum Gasteiger partial charge on any atom is -0.481 e. The van der Waals surface area contributed by atoms with Crippen LogP contribution in [0, 0.1) is 5.41 Å². The van der Waals surface area contributed by atoms with Gasteiger partial charge in [0.1, 0.15) is 0 Å². The number of unbranched alkanes of at least 4 members (excludes halogenated alkanes) is 2. The van der Waals surface area contributed by atoms with Gasteiger partial charge in [0.2, 0.25) is 5.91 Å². The van der Waals surface area contributed by atoms with E-state index in [0.29, 0.717) is 13.0 Å². The predicted molar refractivity (Wildman–Crippen MR) is 125 cm³/mol. The van der Waals surface area contributed by atoms with Crippen LogP contribution in [-0.4, -0.2) is 23.5 Å². The number of carboxylic acid groups (broad SMARTS) is 1. The fourth-order valence-electron chi connectivity index (χ4n) is 3.73. The Balaban J connectivity index is 2.47. The molecule has 0 aromatic carbocycles. The lowest BCUT2D eigenvalue weighted by Gasteiger charge is -2.32. The van der Waals surface area contributed by atoms with Crippen molar-refractivity contribution in [1.29, 1.82) is 0 Å². The Bertz CT molecular complexity index is 748. The van der Waals surface area contributed by atoms with Crippen LogP contribution in [-0.2, 0) is 9.59 Å². The molecule has 0 radical (unpaired) electrons. The van der Waals surface area contributed by atoms with Gasteiger partial charge in [0, 0.05) is 19.0 Å². The molecule has 30 heavy (non-hydrogen) atoms. The molecule has 0 atom stereocenters. The van der Waals surface area contributed by atoms with Gasteiger partial charge in [0.05, 0.1) is 0 Å². The summed E-state index contributed by atoms with van der Waals surface area (Å²) in [6, 6.07) is 0. The topological polar surface area (TPSA) is 66.4 Å². The number of carbonyl (C=O) groups is 2. The summed E-state index contributed by atoms with van der Waals surface area (Å²) in [7, 11) is 0. The summed E-state index contributed by atoms with van der Waals surface area (Å²) >= 11 is 0. The fraction of sp³-hybridized carbons (Fsp3) is 0.538. The van der Waals surface area contributed by atoms with Gasteiger partial charge in [-0.05, 0) is 69.4 Å². The highest BCUT2D eigenvalue weighted by Gasteiger charge is 2.26. The van der Waals surface area contributed by atoms with Gasteiger partial charge in [-0.1, -0.05) is 61.8 Å². The highest BCUT2D eigenvalue weighted by atomic mass is 16.4. The molecule has 0 spiro atoms. The van der Waals surface area contributed by atoms with Gasteiger partial charge in [0.15, 0.2) is 0 Å². The van der Waals surface area contributed by atoms with Crippen LogP contribution in [0.15, 0.2) is 58.7 Å². The number of carbonyl (C=O) groups excluding carboxylic acids is 1. The van der Waals surface area contributed by atoms with Gasteiger partial charge < -0.3 is 10.4 Å². The first-order chi connectivity index (χ1) is 14.1. The Morgan fingerprint density at radius 2 is 1.83 bits per heavy atom. The highest BCUT2D eigenvalue weighted by Crippen LogP contribution is 2.40. The second-order valence-corrected chi connectivity index (χ2v) is 8.92. The van der Waals surface area contributed by atoms with Crippen LogP contribution < -0.4 is 5.32 Å². The van der Waals surface area contributed by atoms with Gasteiger partial charge in [-0.15, -0.1) is 0 Å². The molecule has 0 aromatic heterocycles. The molecule has 0 aliphatic heterocycles. The molecule has 0 saturated heterocycles. The zero-order valence-corrected chi connectivity index (χ0v) is 19.4. The molecule has 1 aliphatic rings. The molecule has 1 aliphatic carbocycles. The van der Waals surface area contributed by atoms with Crippen LogP contribution >= 0.6 is 0 Å². The molecule has 0 unspecified atom stereocenters. The molecular weight excluding hydrogens is 374 g/mol. The zero-order chi connectivity index (χ0) is 22.6. The first kappa shape index (κ1) is 25.7. The Kier molecular flexibility index (Phi) is 11.2. The monoisotopic (exact) mass is 413 g/mol. The Hall–Kier alpha value is -2.36. The molecular formula is C26H39NO3. The number of allylic oxidation sites excluding steroid dienone is 9. The summed E-state index contributed by atoms with van der Waals surface area (Å²) < 4.78 is 0. The lowest BCUT2D eigenvalue weighted by molar-refractivity contribution is -0.137. The standard InChI is InChI=1S/C26H39NO3/c1-20(15-16-23-22(3)13-10-17-26(23,4)5)11-9-12-21(2)19-24(28)27-18-8-6-7-14-25(29)30/h9,11-12,15-16,19H,6-8,10,13-14,17-18H2,1-5H3,(H,27,28)(H,29,30)/b12-9+,16-15+,20-11+,21-19+. The van der Waals surface area contributed by atoms with Crippen LogP contribution in [0.5, 0.6) is 0 Å². The predicted octanol–water partition coefficient (Wildman–Crippen LogP) is 6.28. The van der Waals surface area contributed by atoms with E-state index in [4.69, 9.17) is 5.11 Å². The summed E-state index contributed by atoms with van der Waals surface area (Å²) in [4.78, 5) is 22.4. The van der Waals surface area contributed by atoms with Gasteiger partial charge in [0.25, 0.3) is 0 Å². The van der Waals surface area contributed by atoms with Gasteiger partial charge in [-0.25, -0.2) is 0 Å². The van der Waals surface area contributed by atoms with E-state index in [2.05, 4.69) is 51.2 Å². The number of amides is 1. The lowest BCUT2D eigenvalue weighted by atomic mass is 9.72. The van der Waals surface area contributed by atoms with Crippen molar-refractivity contribution in [3.05, 3.63) is 58.7 Å². The average molecular weight is 414 g/mol. The third-order valence-corrected chi connectivity index (χ3v) is 5.50. The second kappa shape index (κ2) is 13.0. The van der Waals surface area contributed by atoms with Crippen LogP contribution in [0.3, 0.4) is 0 Å². The van der Waals surface area contributed by atoms with E-state index < -0.39 is 5.97 Å². The summed E-state index contributed by atoms with van der Waals surface area (Å²) in [5.41, 5.74) is 5.27. The molecule has 0 aromatic rings. The number of carboxylic acids is 1. The van der Waals surface area contributed by atoms with E-state index >= 15 is 0 Å². The third-order valence-electron chi connectivity index (χ3n) is 5.50. The second-order valence-electron chi connectivity index (χ2n) is 8.92. The van der Waals surface area contributed by atoms with E-state index in [1.54, 1.807) is 6.08 Å². The van der Waals surface area contributed by atoms with Crippen molar-refractivity contribution in [2.75, 3.05) is 6.54 Å². The van der Waals surface area contributed by atoms with Crippen molar-refractivity contribution in [3.8, 4) is 0 Å². The molecule has 4 heteroatoms. The third kappa shape index (κ3) is 10.4. The van der Waals surface area contributed by atoms with Crippen LogP contribution in [0.1, 0.15) is 79.6 Å². The quantitative estimate of drug-likeness (QED) is 0.238. The van der Waals surface area contributed by atoms with Gasteiger partial charge in [-0.2, -0.15) is 0 Å². The maximum absolute atomic E-state index is 11.9. The normalized spacial score (nSPS) is 17.8. The van der Waals surface area contributed by atoms with E-state index in [-0.39, 0.29) is 17.7 Å². The molecule has 1 amide bonds. The minimum absolute atomic E-state index is 0.113. The SMILES string of the molecule is CC1=C(/C=C/C(C)=C/C=C/C(C)=C/C(=O)NCCCCCC(=O)O)C(C)(C)CCC1. The largest absolute Gasteiger partial charge is 0.481 e. The number of hydrogen-bond acceptors (Lipinski definition) is 2. The van der Waals surface area contributed by atoms with Crippen molar-refractivity contribution >= 4 is 11.9 Å². The van der Waals surface area contributed by atoms with Crippen molar-refractivity contribution in [3.63, 3.8) is 0 Å². The number of rotatable bonds is 11. The summed E-state index contributed by atoms with van der Waals surface area (Å²) in [6.07, 6.45) is 18.1. The molecule has 0 bridgehead atoms.